The normalized spacial score (nSPS) is 27.3. The standard InChI is InChI=1S/C28H55N/c1-8-12-24(10-3)18-26(20-29-19-25-14-11-15-28(25)29)22(6)16-17-23(7)27(13-9-2)21(4)5/h21-28H,8-20H2,1-7H3. The van der Waals surface area contributed by atoms with Gasteiger partial charge in [-0.25, -0.2) is 0 Å². The van der Waals surface area contributed by atoms with Gasteiger partial charge in [-0.1, -0.05) is 99.8 Å². The highest BCUT2D eigenvalue weighted by atomic mass is 15.2. The van der Waals surface area contributed by atoms with Crippen LogP contribution in [0.25, 0.3) is 0 Å². The fourth-order valence-corrected chi connectivity index (χ4v) is 6.92. The number of nitrogens with zero attached hydrogens (tertiary/aromatic N) is 1. The Morgan fingerprint density at radius 1 is 0.828 bits per heavy atom. The predicted molar refractivity (Wildman–Crippen MR) is 130 cm³/mol. The lowest BCUT2D eigenvalue weighted by molar-refractivity contribution is 0.00917. The van der Waals surface area contributed by atoms with Crippen molar-refractivity contribution in [2.45, 2.75) is 125 Å². The van der Waals surface area contributed by atoms with Crippen LogP contribution in [-0.4, -0.2) is 24.0 Å². The van der Waals surface area contributed by atoms with Crippen molar-refractivity contribution in [2.75, 3.05) is 13.1 Å². The number of hydrogen-bond acceptors (Lipinski definition) is 1. The van der Waals surface area contributed by atoms with E-state index in [2.05, 4.69) is 53.4 Å². The second-order valence-corrected chi connectivity index (χ2v) is 11.5. The molecule has 0 spiro atoms. The van der Waals surface area contributed by atoms with Crippen LogP contribution in [0.2, 0.25) is 0 Å². The highest BCUT2D eigenvalue weighted by Gasteiger charge is 2.42. The van der Waals surface area contributed by atoms with Crippen molar-refractivity contribution in [3.05, 3.63) is 0 Å². The molecule has 2 fully saturated rings. The van der Waals surface area contributed by atoms with Crippen molar-refractivity contribution in [3.8, 4) is 0 Å². The summed E-state index contributed by atoms with van der Waals surface area (Å²) >= 11 is 0. The molecule has 0 amide bonds. The van der Waals surface area contributed by atoms with Crippen molar-refractivity contribution < 1.29 is 0 Å². The Bertz CT molecular complexity index is 430. The summed E-state index contributed by atoms with van der Waals surface area (Å²) in [5, 5.41) is 0. The van der Waals surface area contributed by atoms with Crippen LogP contribution in [0.15, 0.2) is 0 Å². The first-order valence-corrected chi connectivity index (χ1v) is 13.6. The molecule has 2 rings (SSSR count). The SMILES string of the molecule is CCCC(CC)CC(CN1CC2CCCC21)C(C)CCC(C)C(CCC)C(C)C. The van der Waals surface area contributed by atoms with Crippen LogP contribution in [0.3, 0.4) is 0 Å². The maximum Gasteiger partial charge on any atom is 0.0136 e. The van der Waals surface area contributed by atoms with Gasteiger partial charge in [0.25, 0.3) is 0 Å². The monoisotopic (exact) mass is 405 g/mol. The van der Waals surface area contributed by atoms with Gasteiger partial charge in [0.1, 0.15) is 0 Å². The van der Waals surface area contributed by atoms with E-state index in [0.29, 0.717) is 0 Å². The third kappa shape index (κ3) is 7.26. The summed E-state index contributed by atoms with van der Waals surface area (Å²) in [6, 6.07) is 0.963. The van der Waals surface area contributed by atoms with E-state index in [1.165, 1.54) is 83.7 Å². The molecule has 0 aromatic heterocycles. The third-order valence-electron chi connectivity index (χ3n) is 9.03. The molecule has 0 bridgehead atoms. The zero-order valence-corrected chi connectivity index (χ0v) is 21.3. The molecule has 1 saturated carbocycles. The number of fused-ring (bicyclic) bond motifs is 1. The van der Waals surface area contributed by atoms with E-state index in [4.69, 9.17) is 0 Å². The molecule has 0 aromatic carbocycles. The van der Waals surface area contributed by atoms with E-state index < -0.39 is 0 Å². The Balaban J connectivity index is 1.92. The summed E-state index contributed by atoms with van der Waals surface area (Å²) in [7, 11) is 0. The quantitative estimate of drug-likeness (QED) is 0.264. The van der Waals surface area contributed by atoms with Crippen molar-refractivity contribution >= 4 is 0 Å². The van der Waals surface area contributed by atoms with Crippen molar-refractivity contribution in [1.82, 2.24) is 4.90 Å². The summed E-state index contributed by atoms with van der Waals surface area (Å²) in [5.74, 6) is 6.47. The predicted octanol–water partition coefficient (Wildman–Crippen LogP) is 8.43. The molecule has 7 unspecified atom stereocenters. The van der Waals surface area contributed by atoms with Crippen molar-refractivity contribution in [2.24, 2.45) is 41.4 Å². The molecular formula is C28H55N. The van der Waals surface area contributed by atoms with Gasteiger partial charge in [0.15, 0.2) is 0 Å². The van der Waals surface area contributed by atoms with Gasteiger partial charge in [-0.15, -0.1) is 0 Å². The van der Waals surface area contributed by atoms with Crippen LogP contribution in [0, 0.1) is 41.4 Å². The maximum atomic E-state index is 2.90. The highest BCUT2D eigenvalue weighted by molar-refractivity contribution is 4.97. The molecule has 1 heterocycles. The van der Waals surface area contributed by atoms with Crippen molar-refractivity contribution in [1.29, 1.82) is 0 Å². The Morgan fingerprint density at radius 3 is 2.10 bits per heavy atom. The molecule has 0 radical (unpaired) electrons. The maximum absolute atomic E-state index is 2.90. The highest BCUT2D eigenvalue weighted by Crippen LogP contribution is 2.41. The lowest BCUT2D eigenvalue weighted by atomic mass is 9.75. The van der Waals surface area contributed by atoms with E-state index in [-0.39, 0.29) is 0 Å². The summed E-state index contributed by atoms with van der Waals surface area (Å²) in [5.41, 5.74) is 0. The van der Waals surface area contributed by atoms with Crippen LogP contribution >= 0.6 is 0 Å². The van der Waals surface area contributed by atoms with Gasteiger partial charge < -0.3 is 0 Å². The molecule has 1 saturated heterocycles. The zero-order valence-electron chi connectivity index (χ0n) is 21.3. The summed E-state index contributed by atoms with van der Waals surface area (Å²) in [6.45, 7) is 20.0. The molecule has 1 heteroatoms. The smallest absolute Gasteiger partial charge is 0.0136 e. The Hall–Kier alpha value is -0.0400. The van der Waals surface area contributed by atoms with Gasteiger partial charge in [-0.2, -0.15) is 0 Å². The minimum absolute atomic E-state index is 0.838. The first-order chi connectivity index (χ1) is 13.9. The largest absolute Gasteiger partial charge is 0.299 e. The van der Waals surface area contributed by atoms with Gasteiger partial charge >= 0.3 is 0 Å². The van der Waals surface area contributed by atoms with Crippen LogP contribution in [0.5, 0.6) is 0 Å². The Kier molecular flexibility index (Phi) is 11.1. The summed E-state index contributed by atoms with van der Waals surface area (Å²) in [4.78, 5) is 2.90. The van der Waals surface area contributed by atoms with Gasteiger partial charge in [-0.3, -0.25) is 4.90 Å². The number of hydrogen-bond donors (Lipinski definition) is 0. The Morgan fingerprint density at radius 2 is 1.52 bits per heavy atom. The van der Waals surface area contributed by atoms with E-state index in [9.17, 15) is 0 Å². The zero-order chi connectivity index (χ0) is 21.4. The second-order valence-electron chi connectivity index (χ2n) is 11.5. The minimum Gasteiger partial charge on any atom is -0.299 e. The average Bonchev–Trinajstić information content (AvgIpc) is 3.06. The van der Waals surface area contributed by atoms with Crippen LogP contribution in [0.4, 0.5) is 0 Å². The minimum atomic E-state index is 0.838. The van der Waals surface area contributed by atoms with Crippen LogP contribution < -0.4 is 0 Å². The molecule has 7 atom stereocenters. The second kappa shape index (κ2) is 12.7. The van der Waals surface area contributed by atoms with Gasteiger partial charge in [0, 0.05) is 19.1 Å². The van der Waals surface area contributed by atoms with Crippen molar-refractivity contribution in [3.63, 3.8) is 0 Å². The van der Waals surface area contributed by atoms with E-state index in [1.807, 2.05) is 0 Å². The molecule has 1 aliphatic carbocycles. The molecule has 1 aliphatic heterocycles. The lowest BCUT2D eigenvalue weighted by Crippen LogP contribution is -2.55. The molecule has 2 aliphatic rings. The number of rotatable bonds is 15. The average molecular weight is 406 g/mol. The van der Waals surface area contributed by atoms with Gasteiger partial charge in [0.2, 0.25) is 0 Å². The van der Waals surface area contributed by atoms with Crippen LogP contribution in [-0.2, 0) is 0 Å². The summed E-state index contributed by atoms with van der Waals surface area (Å²) < 4.78 is 0. The fraction of sp³-hybridized carbons (Fsp3) is 1.00. The summed E-state index contributed by atoms with van der Waals surface area (Å²) in [6.07, 6.45) is 15.8. The Labute approximate surface area is 184 Å². The van der Waals surface area contributed by atoms with Crippen LogP contribution in [0.1, 0.15) is 119 Å². The molecule has 0 N–H and O–H groups in total. The van der Waals surface area contributed by atoms with Gasteiger partial charge in [-0.05, 0) is 60.7 Å². The molecule has 172 valence electrons. The molecule has 1 nitrogen and oxygen atoms in total. The van der Waals surface area contributed by atoms with E-state index in [1.54, 1.807) is 0 Å². The third-order valence-corrected chi connectivity index (χ3v) is 9.03. The first kappa shape index (κ1) is 25.2. The van der Waals surface area contributed by atoms with Gasteiger partial charge in [0.05, 0.1) is 0 Å². The first-order valence-electron chi connectivity index (χ1n) is 13.6. The fourth-order valence-electron chi connectivity index (χ4n) is 6.92. The van der Waals surface area contributed by atoms with E-state index in [0.717, 1.165) is 47.5 Å². The molecule has 0 aromatic rings. The lowest BCUT2D eigenvalue weighted by Gasteiger charge is -2.47. The molecule has 29 heavy (non-hydrogen) atoms. The van der Waals surface area contributed by atoms with E-state index >= 15 is 0 Å². The topological polar surface area (TPSA) is 3.24 Å². The molecular weight excluding hydrogens is 350 g/mol. The number of likely N-dealkylation sites (tertiary alicyclic amines) is 1.